The summed E-state index contributed by atoms with van der Waals surface area (Å²) in [4.78, 5) is 0. The zero-order valence-corrected chi connectivity index (χ0v) is 12.7. The quantitative estimate of drug-likeness (QED) is 0.802. The molecule has 100 valence electrons. The van der Waals surface area contributed by atoms with Crippen molar-refractivity contribution in [2.24, 2.45) is 0 Å². The number of rotatable bonds is 4. The molecule has 0 aliphatic rings. The molecule has 0 aliphatic heterocycles. The van der Waals surface area contributed by atoms with E-state index in [-0.39, 0.29) is 6.04 Å². The lowest BCUT2D eigenvalue weighted by molar-refractivity contribution is 0.631. The number of halogens is 3. The fourth-order valence-corrected chi connectivity index (χ4v) is 2.80. The smallest absolute Gasteiger partial charge is 0.0606 e. The van der Waals surface area contributed by atoms with E-state index >= 15 is 0 Å². The van der Waals surface area contributed by atoms with Crippen molar-refractivity contribution in [3.63, 3.8) is 0 Å². The molecule has 0 radical (unpaired) electrons. The Bertz CT molecular complexity index is 569. The van der Waals surface area contributed by atoms with E-state index in [0.29, 0.717) is 10.0 Å². The van der Waals surface area contributed by atoms with Gasteiger partial charge in [0.05, 0.1) is 6.04 Å². The van der Waals surface area contributed by atoms with Crippen molar-refractivity contribution in [3.8, 4) is 0 Å². The highest BCUT2D eigenvalue weighted by molar-refractivity contribution is 6.35. The van der Waals surface area contributed by atoms with Crippen molar-refractivity contribution in [2.45, 2.75) is 13.0 Å². The minimum absolute atomic E-state index is 0.0385. The van der Waals surface area contributed by atoms with Crippen LogP contribution in [0.15, 0.2) is 42.5 Å². The van der Waals surface area contributed by atoms with Crippen LogP contribution >= 0.6 is 34.8 Å². The molecule has 0 spiro atoms. The van der Waals surface area contributed by atoms with Crippen LogP contribution in [0.25, 0.3) is 0 Å². The van der Waals surface area contributed by atoms with E-state index in [2.05, 4.69) is 5.32 Å². The normalized spacial score (nSPS) is 12.4. The van der Waals surface area contributed by atoms with Crippen LogP contribution in [0.2, 0.25) is 15.1 Å². The molecule has 0 aliphatic carbocycles. The Morgan fingerprint density at radius 3 is 2.26 bits per heavy atom. The van der Waals surface area contributed by atoms with Gasteiger partial charge in [-0.25, -0.2) is 0 Å². The number of benzene rings is 2. The molecule has 4 heteroatoms. The van der Waals surface area contributed by atoms with Gasteiger partial charge in [-0.15, -0.1) is 0 Å². The zero-order valence-electron chi connectivity index (χ0n) is 10.5. The van der Waals surface area contributed by atoms with Gasteiger partial charge in [-0.3, -0.25) is 0 Å². The third-order valence-corrected chi connectivity index (χ3v) is 3.80. The lowest BCUT2D eigenvalue weighted by Crippen LogP contribution is -2.22. The lowest BCUT2D eigenvalue weighted by Gasteiger charge is -2.21. The predicted octanol–water partition coefficient (Wildman–Crippen LogP) is 5.35. The molecule has 1 atom stereocenters. The maximum absolute atomic E-state index is 6.29. The SMILES string of the molecule is CCNC(c1ccccc1Cl)c1ccc(Cl)cc1Cl. The molecule has 0 saturated carbocycles. The van der Waals surface area contributed by atoms with Crippen LogP contribution in [0.4, 0.5) is 0 Å². The average Bonchev–Trinajstić information content (AvgIpc) is 2.38. The first-order valence-electron chi connectivity index (χ1n) is 6.06. The Morgan fingerprint density at radius 1 is 0.947 bits per heavy atom. The van der Waals surface area contributed by atoms with Crippen LogP contribution in [-0.2, 0) is 0 Å². The lowest BCUT2D eigenvalue weighted by atomic mass is 9.98. The minimum Gasteiger partial charge on any atom is -0.306 e. The van der Waals surface area contributed by atoms with Gasteiger partial charge in [0, 0.05) is 15.1 Å². The molecule has 19 heavy (non-hydrogen) atoms. The summed E-state index contributed by atoms with van der Waals surface area (Å²) in [7, 11) is 0. The summed E-state index contributed by atoms with van der Waals surface area (Å²) >= 11 is 18.5. The fourth-order valence-electron chi connectivity index (χ4n) is 2.04. The Morgan fingerprint density at radius 2 is 1.63 bits per heavy atom. The Kier molecular flexibility index (Phi) is 5.12. The summed E-state index contributed by atoms with van der Waals surface area (Å²) in [5, 5.41) is 5.39. The van der Waals surface area contributed by atoms with Crippen LogP contribution in [-0.4, -0.2) is 6.54 Å². The summed E-state index contributed by atoms with van der Waals surface area (Å²) in [6.07, 6.45) is 0. The highest BCUT2D eigenvalue weighted by Crippen LogP contribution is 2.33. The maximum atomic E-state index is 6.29. The maximum Gasteiger partial charge on any atom is 0.0606 e. The van der Waals surface area contributed by atoms with Crippen LogP contribution in [0.5, 0.6) is 0 Å². The second-order valence-corrected chi connectivity index (χ2v) is 5.43. The van der Waals surface area contributed by atoms with Crippen molar-refractivity contribution in [3.05, 3.63) is 68.7 Å². The molecule has 2 aromatic rings. The van der Waals surface area contributed by atoms with Crippen molar-refractivity contribution in [2.75, 3.05) is 6.54 Å². The Labute approximate surface area is 128 Å². The van der Waals surface area contributed by atoms with Crippen molar-refractivity contribution < 1.29 is 0 Å². The molecule has 1 N–H and O–H groups in total. The number of hydrogen-bond donors (Lipinski definition) is 1. The highest BCUT2D eigenvalue weighted by Gasteiger charge is 2.18. The van der Waals surface area contributed by atoms with Gasteiger partial charge >= 0.3 is 0 Å². The molecular formula is C15H14Cl3N. The molecule has 2 rings (SSSR count). The molecule has 0 heterocycles. The highest BCUT2D eigenvalue weighted by atomic mass is 35.5. The van der Waals surface area contributed by atoms with Crippen molar-refractivity contribution in [1.29, 1.82) is 0 Å². The van der Waals surface area contributed by atoms with Gasteiger partial charge in [0.1, 0.15) is 0 Å². The van der Waals surface area contributed by atoms with Crippen molar-refractivity contribution >= 4 is 34.8 Å². The Balaban J connectivity index is 2.48. The van der Waals surface area contributed by atoms with Gasteiger partial charge in [-0.05, 0) is 35.9 Å². The van der Waals surface area contributed by atoms with E-state index in [9.17, 15) is 0 Å². The van der Waals surface area contributed by atoms with E-state index in [1.54, 1.807) is 6.07 Å². The van der Waals surface area contributed by atoms with Gasteiger partial charge in [0.15, 0.2) is 0 Å². The van der Waals surface area contributed by atoms with E-state index < -0.39 is 0 Å². The van der Waals surface area contributed by atoms with Crippen LogP contribution in [0, 0.1) is 0 Å². The standard InChI is InChI=1S/C15H14Cl3N/c1-2-19-15(11-5-3-4-6-13(11)17)12-8-7-10(16)9-14(12)18/h3-9,15,19H,2H2,1H3. The molecule has 0 saturated heterocycles. The third-order valence-electron chi connectivity index (χ3n) is 2.90. The molecule has 0 fully saturated rings. The largest absolute Gasteiger partial charge is 0.306 e. The molecule has 1 unspecified atom stereocenters. The molecular weight excluding hydrogens is 301 g/mol. The van der Waals surface area contributed by atoms with Gasteiger partial charge in [0.2, 0.25) is 0 Å². The van der Waals surface area contributed by atoms with Crippen LogP contribution in [0.3, 0.4) is 0 Å². The zero-order chi connectivity index (χ0) is 13.8. The molecule has 0 amide bonds. The first-order chi connectivity index (χ1) is 9.13. The summed E-state index contributed by atoms with van der Waals surface area (Å²) in [5.41, 5.74) is 1.98. The monoisotopic (exact) mass is 313 g/mol. The van der Waals surface area contributed by atoms with E-state index in [0.717, 1.165) is 22.7 Å². The van der Waals surface area contributed by atoms with Crippen molar-refractivity contribution in [1.82, 2.24) is 5.32 Å². The summed E-state index contributed by atoms with van der Waals surface area (Å²) in [5.74, 6) is 0. The second kappa shape index (κ2) is 6.62. The molecule has 1 nitrogen and oxygen atoms in total. The summed E-state index contributed by atoms with van der Waals surface area (Å²) in [6.45, 7) is 2.86. The topological polar surface area (TPSA) is 12.0 Å². The predicted molar refractivity (Wildman–Crippen MR) is 83.4 cm³/mol. The first-order valence-corrected chi connectivity index (χ1v) is 7.19. The summed E-state index contributed by atoms with van der Waals surface area (Å²) < 4.78 is 0. The minimum atomic E-state index is -0.0385. The third kappa shape index (κ3) is 3.43. The average molecular weight is 315 g/mol. The number of hydrogen-bond acceptors (Lipinski definition) is 1. The molecule has 0 bridgehead atoms. The molecule has 0 aromatic heterocycles. The van der Waals surface area contributed by atoms with E-state index in [1.165, 1.54) is 0 Å². The first kappa shape index (κ1) is 14.7. The second-order valence-electron chi connectivity index (χ2n) is 4.18. The van der Waals surface area contributed by atoms with Gasteiger partial charge in [0.25, 0.3) is 0 Å². The summed E-state index contributed by atoms with van der Waals surface area (Å²) in [6, 6.07) is 13.2. The fraction of sp³-hybridized carbons (Fsp3) is 0.200. The van der Waals surface area contributed by atoms with Gasteiger partial charge in [-0.1, -0.05) is 66.0 Å². The van der Waals surface area contributed by atoms with E-state index in [4.69, 9.17) is 34.8 Å². The number of nitrogens with one attached hydrogen (secondary N) is 1. The van der Waals surface area contributed by atoms with Crippen LogP contribution in [0.1, 0.15) is 24.1 Å². The van der Waals surface area contributed by atoms with Gasteiger partial charge in [-0.2, -0.15) is 0 Å². The van der Waals surface area contributed by atoms with Crippen LogP contribution < -0.4 is 5.32 Å². The Hall–Kier alpha value is -0.730. The van der Waals surface area contributed by atoms with E-state index in [1.807, 2.05) is 43.3 Å². The van der Waals surface area contributed by atoms with Gasteiger partial charge < -0.3 is 5.32 Å². The molecule has 2 aromatic carbocycles.